The van der Waals surface area contributed by atoms with Crippen molar-refractivity contribution in [2.45, 2.75) is 59.0 Å². The second-order valence-corrected chi connectivity index (χ2v) is 6.50. The van der Waals surface area contributed by atoms with Crippen LogP contribution in [0.15, 0.2) is 6.07 Å². The smallest absolute Gasteiger partial charge is 0.326 e. The Labute approximate surface area is 131 Å². The van der Waals surface area contributed by atoms with Crippen molar-refractivity contribution in [3.8, 4) is 0 Å². The lowest BCUT2D eigenvalue weighted by molar-refractivity contribution is -0.153. The van der Waals surface area contributed by atoms with Gasteiger partial charge >= 0.3 is 5.97 Å². The van der Waals surface area contributed by atoms with Crippen molar-refractivity contribution in [1.29, 1.82) is 0 Å². The number of nitrogens with zero attached hydrogens (tertiary/aromatic N) is 3. The topological polar surface area (TPSA) is 75.4 Å². The standard InChI is InChI=1S/C16H25N3O3/c1-10-5-6-18(14(7-10)16(21)22)15(20)9-13(4)19-12(3)8-11(2)17-19/h8,10,13-14H,5-7,9H2,1-4H3,(H,21,22). The molecule has 0 aromatic carbocycles. The van der Waals surface area contributed by atoms with E-state index in [4.69, 9.17) is 0 Å². The minimum absolute atomic E-state index is 0.0741. The number of aryl methyl sites for hydroxylation is 2. The van der Waals surface area contributed by atoms with Gasteiger partial charge in [-0.2, -0.15) is 5.10 Å². The molecule has 1 fully saturated rings. The Morgan fingerprint density at radius 1 is 1.45 bits per heavy atom. The summed E-state index contributed by atoms with van der Waals surface area (Å²) in [6, 6.07) is 1.21. The first-order valence-electron chi connectivity index (χ1n) is 7.84. The lowest BCUT2D eigenvalue weighted by Crippen LogP contribution is -2.50. The summed E-state index contributed by atoms with van der Waals surface area (Å²) in [5.41, 5.74) is 1.94. The van der Waals surface area contributed by atoms with E-state index in [-0.39, 0.29) is 18.4 Å². The zero-order valence-corrected chi connectivity index (χ0v) is 13.7. The Kier molecular flexibility index (Phi) is 4.88. The summed E-state index contributed by atoms with van der Waals surface area (Å²) in [6.45, 7) is 8.39. The van der Waals surface area contributed by atoms with Gasteiger partial charge in [0, 0.05) is 18.7 Å². The monoisotopic (exact) mass is 307 g/mol. The predicted molar refractivity (Wildman–Crippen MR) is 82.6 cm³/mol. The first-order chi connectivity index (χ1) is 10.3. The Morgan fingerprint density at radius 2 is 2.14 bits per heavy atom. The van der Waals surface area contributed by atoms with Crippen LogP contribution in [0.5, 0.6) is 0 Å². The molecule has 3 atom stereocenters. The molecule has 6 heteroatoms. The van der Waals surface area contributed by atoms with Crippen molar-refractivity contribution in [1.82, 2.24) is 14.7 Å². The molecule has 1 aliphatic heterocycles. The molecule has 22 heavy (non-hydrogen) atoms. The average Bonchev–Trinajstić information content (AvgIpc) is 2.77. The summed E-state index contributed by atoms with van der Waals surface area (Å²) in [5.74, 6) is -0.656. The van der Waals surface area contributed by atoms with Gasteiger partial charge in [-0.25, -0.2) is 4.79 Å². The maximum atomic E-state index is 12.5. The molecule has 0 saturated carbocycles. The zero-order valence-electron chi connectivity index (χ0n) is 13.7. The Bertz CT molecular complexity index is 567. The molecular weight excluding hydrogens is 282 g/mol. The zero-order chi connectivity index (χ0) is 16.4. The molecule has 3 unspecified atom stereocenters. The van der Waals surface area contributed by atoms with Gasteiger partial charge in [-0.3, -0.25) is 9.48 Å². The highest BCUT2D eigenvalue weighted by Gasteiger charge is 2.35. The van der Waals surface area contributed by atoms with E-state index in [1.165, 1.54) is 4.90 Å². The number of carbonyl (C=O) groups excluding carboxylic acids is 1. The number of rotatable bonds is 4. The van der Waals surface area contributed by atoms with E-state index in [1.807, 2.05) is 38.4 Å². The van der Waals surface area contributed by atoms with E-state index in [0.717, 1.165) is 17.8 Å². The first kappa shape index (κ1) is 16.5. The van der Waals surface area contributed by atoms with Crippen LogP contribution in [-0.4, -0.2) is 44.3 Å². The number of hydrogen-bond acceptors (Lipinski definition) is 3. The molecule has 1 aromatic rings. The second kappa shape index (κ2) is 6.50. The van der Waals surface area contributed by atoms with E-state index < -0.39 is 12.0 Å². The number of amides is 1. The van der Waals surface area contributed by atoms with Crippen LogP contribution in [0.25, 0.3) is 0 Å². The minimum Gasteiger partial charge on any atom is -0.480 e. The molecule has 2 rings (SSSR count). The SMILES string of the molecule is Cc1cc(C)n(C(C)CC(=O)N2CCC(C)CC2C(=O)O)n1. The van der Waals surface area contributed by atoms with Gasteiger partial charge < -0.3 is 10.0 Å². The van der Waals surface area contributed by atoms with Crippen LogP contribution in [0.2, 0.25) is 0 Å². The maximum Gasteiger partial charge on any atom is 0.326 e. The number of carboxylic acid groups (broad SMARTS) is 1. The molecular formula is C16H25N3O3. The second-order valence-electron chi connectivity index (χ2n) is 6.50. The third-order valence-corrected chi connectivity index (χ3v) is 4.40. The fraction of sp³-hybridized carbons (Fsp3) is 0.688. The van der Waals surface area contributed by atoms with Crippen LogP contribution in [0.1, 0.15) is 50.5 Å². The highest BCUT2D eigenvalue weighted by Crippen LogP contribution is 2.25. The van der Waals surface area contributed by atoms with Gasteiger partial charge in [0.05, 0.1) is 11.7 Å². The van der Waals surface area contributed by atoms with Crippen LogP contribution in [-0.2, 0) is 9.59 Å². The maximum absolute atomic E-state index is 12.5. The average molecular weight is 307 g/mol. The van der Waals surface area contributed by atoms with Crippen LogP contribution < -0.4 is 0 Å². The number of hydrogen-bond donors (Lipinski definition) is 1. The molecule has 0 aliphatic carbocycles. The van der Waals surface area contributed by atoms with Crippen LogP contribution in [0, 0.1) is 19.8 Å². The van der Waals surface area contributed by atoms with E-state index >= 15 is 0 Å². The number of carbonyl (C=O) groups is 2. The molecule has 1 aliphatic rings. The number of aliphatic carboxylic acids is 1. The molecule has 2 heterocycles. The first-order valence-corrected chi connectivity index (χ1v) is 7.84. The third-order valence-electron chi connectivity index (χ3n) is 4.40. The van der Waals surface area contributed by atoms with Gasteiger partial charge in [0.15, 0.2) is 0 Å². The van der Waals surface area contributed by atoms with Gasteiger partial charge in [0.2, 0.25) is 5.91 Å². The summed E-state index contributed by atoms with van der Waals surface area (Å²) in [5, 5.41) is 13.8. The minimum atomic E-state index is -0.904. The van der Waals surface area contributed by atoms with Crippen LogP contribution in [0.3, 0.4) is 0 Å². The Hall–Kier alpha value is -1.85. The molecule has 1 aromatic heterocycles. The fourth-order valence-electron chi connectivity index (χ4n) is 3.22. The van der Waals surface area contributed by atoms with Crippen LogP contribution in [0.4, 0.5) is 0 Å². The molecule has 0 bridgehead atoms. The summed E-state index contributed by atoms with van der Waals surface area (Å²) < 4.78 is 1.84. The molecule has 1 N–H and O–H groups in total. The largest absolute Gasteiger partial charge is 0.480 e. The summed E-state index contributed by atoms with van der Waals surface area (Å²) in [4.78, 5) is 25.5. The number of likely N-dealkylation sites (tertiary alicyclic amines) is 1. The predicted octanol–water partition coefficient (Wildman–Crippen LogP) is 2.16. The normalized spacial score (nSPS) is 23.4. The highest BCUT2D eigenvalue weighted by molar-refractivity contribution is 5.84. The van der Waals surface area contributed by atoms with Crippen LogP contribution >= 0.6 is 0 Å². The number of piperidine rings is 1. The number of aromatic nitrogens is 2. The van der Waals surface area contributed by atoms with Gasteiger partial charge in [-0.15, -0.1) is 0 Å². The molecule has 122 valence electrons. The van der Waals surface area contributed by atoms with Crippen molar-refractivity contribution in [3.05, 3.63) is 17.5 Å². The van der Waals surface area contributed by atoms with Gasteiger partial charge in [0.1, 0.15) is 6.04 Å². The molecule has 1 amide bonds. The molecule has 0 radical (unpaired) electrons. The summed E-state index contributed by atoms with van der Waals surface area (Å²) in [7, 11) is 0. The van der Waals surface area contributed by atoms with Crippen molar-refractivity contribution < 1.29 is 14.7 Å². The van der Waals surface area contributed by atoms with E-state index in [1.54, 1.807) is 0 Å². The van der Waals surface area contributed by atoms with Gasteiger partial charge in [-0.05, 0) is 45.6 Å². The third kappa shape index (κ3) is 3.48. The lowest BCUT2D eigenvalue weighted by Gasteiger charge is -2.36. The molecule has 6 nitrogen and oxygen atoms in total. The van der Waals surface area contributed by atoms with Crippen molar-refractivity contribution >= 4 is 11.9 Å². The fourth-order valence-corrected chi connectivity index (χ4v) is 3.22. The van der Waals surface area contributed by atoms with E-state index in [2.05, 4.69) is 5.10 Å². The van der Waals surface area contributed by atoms with Gasteiger partial charge in [0.25, 0.3) is 0 Å². The molecule has 1 saturated heterocycles. The van der Waals surface area contributed by atoms with E-state index in [0.29, 0.717) is 18.9 Å². The number of carboxylic acids is 1. The quantitative estimate of drug-likeness (QED) is 0.925. The Balaban J connectivity index is 2.07. The van der Waals surface area contributed by atoms with Crippen molar-refractivity contribution in [3.63, 3.8) is 0 Å². The summed E-state index contributed by atoms with van der Waals surface area (Å²) >= 11 is 0. The van der Waals surface area contributed by atoms with E-state index in [9.17, 15) is 14.7 Å². The molecule has 0 spiro atoms. The highest BCUT2D eigenvalue weighted by atomic mass is 16.4. The van der Waals surface area contributed by atoms with Gasteiger partial charge in [-0.1, -0.05) is 6.92 Å². The summed E-state index contributed by atoms with van der Waals surface area (Å²) in [6.07, 6.45) is 1.68. The lowest BCUT2D eigenvalue weighted by atomic mass is 9.92. The van der Waals surface area contributed by atoms with Crippen molar-refractivity contribution in [2.75, 3.05) is 6.54 Å². The van der Waals surface area contributed by atoms with Crippen molar-refractivity contribution in [2.24, 2.45) is 5.92 Å². The Morgan fingerprint density at radius 3 is 2.68 bits per heavy atom.